The van der Waals surface area contributed by atoms with E-state index >= 15 is 0 Å². The van der Waals surface area contributed by atoms with Gasteiger partial charge in [-0.15, -0.1) is 11.8 Å². The smallest absolute Gasteiger partial charge is 0.335 e. The first-order valence-electron chi connectivity index (χ1n) is 5.85. The van der Waals surface area contributed by atoms with E-state index < -0.39 is 27.5 Å². The number of sulfone groups is 1. The minimum Gasteiger partial charge on any atom is -0.478 e. The van der Waals surface area contributed by atoms with Crippen molar-refractivity contribution in [2.45, 2.75) is 11.3 Å². The third-order valence-corrected chi connectivity index (χ3v) is 5.43. The summed E-state index contributed by atoms with van der Waals surface area (Å²) in [6, 6.07) is 3.30. The van der Waals surface area contributed by atoms with Crippen LogP contribution >= 0.6 is 11.8 Å². The molecular weight excluding hydrogens is 321 g/mol. The van der Waals surface area contributed by atoms with E-state index in [9.17, 15) is 22.4 Å². The van der Waals surface area contributed by atoms with Gasteiger partial charge in [-0.05, 0) is 18.2 Å². The van der Waals surface area contributed by atoms with Crippen molar-refractivity contribution in [1.82, 2.24) is 0 Å². The van der Waals surface area contributed by atoms with Gasteiger partial charge in [-0.3, -0.25) is 4.79 Å². The molecule has 0 bridgehead atoms. The fourth-order valence-corrected chi connectivity index (χ4v) is 4.09. The van der Waals surface area contributed by atoms with Gasteiger partial charge < -0.3 is 10.8 Å². The summed E-state index contributed by atoms with van der Waals surface area (Å²) >= 11 is 0.906. The Hall–Kier alpha value is -1.61. The lowest BCUT2D eigenvalue weighted by Gasteiger charge is -2.05. The van der Waals surface area contributed by atoms with Crippen molar-refractivity contribution in [3.63, 3.8) is 0 Å². The van der Waals surface area contributed by atoms with Crippen LogP contribution in [-0.2, 0) is 14.6 Å². The predicted molar refractivity (Wildman–Crippen MR) is 76.5 cm³/mol. The van der Waals surface area contributed by atoms with Crippen LogP contribution in [-0.4, -0.2) is 42.7 Å². The second kappa shape index (κ2) is 7.41. The van der Waals surface area contributed by atoms with Crippen LogP contribution in [0.25, 0.3) is 0 Å². The van der Waals surface area contributed by atoms with E-state index in [4.69, 9.17) is 10.8 Å². The zero-order valence-corrected chi connectivity index (χ0v) is 12.5. The molecule has 0 aliphatic carbocycles. The number of amides is 1. The molecule has 0 aromatic heterocycles. The Balaban J connectivity index is 2.61. The third kappa shape index (κ3) is 6.13. The quantitative estimate of drug-likeness (QED) is 0.682. The molecule has 0 aliphatic heterocycles. The predicted octanol–water partition coefficient (Wildman–Crippen LogP) is 0.906. The highest BCUT2D eigenvalue weighted by Crippen LogP contribution is 2.23. The topological polar surface area (TPSA) is 115 Å². The molecule has 6 nitrogen and oxygen atoms in total. The van der Waals surface area contributed by atoms with Gasteiger partial charge in [0.2, 0.25) is 5.91 Å². The number of thioether (sulfide) groups is 1. The SMILES string of the molecule is NC(=O)CCS(=O)(=O)CCSc1cc(C(=O)O)ccc1F. The number of halogens is 1. The number of rotatable bonds is 8. The molecule has 0 unspecified atom stereocenters. The first-order chi connectivity index (χ1) is 9.71. The number of primary amides is 1. The van der Waals surface area contributed by atoms with E-state index in [1.54, 1.807) is 0 Å². The van der Waals surface area contributed by atoms with Gasteiger partial charge in [-0.2, -0.15) is 0 Å². The summed E-state index contributed by atoms with van der Waals surface area (Å²) in [5.41, 5.74) is 4.80. The molecule has 1 aromatic carbocycles. The Bertz CT molecular complexity index is 645. The van der Waals surface area contributed by atoms with Crippen LogP contribution in [0.15, 0.2) is 23.1 Å². The van der Waals surface area contributed by atoms with Gasteiger partial charge in [0.15, 0.2) is 9.84 Å². The first kappa shape index (κ1) is 17.4. The molecule has 3 N–H and O–H groups in total. The summed E-state index contributed by atoms with van der Waals surface area (Å²) < 4.78 is 36.6. The van der Waals surface area contributed by atoms with Crippen LogP contribution in [0.2, 0.25) is 0 Å². The number of nitrogens with two attached hydrogens (primary N) is 1. The van der Waals surface area contributed by atoms with Gasteiger partial charge in [-0.1, -0.05) is 0 Å². The van der Waals surface area contributed by atoms with Crippen LogP contribution < -0.4 is 5.73 Å². The van der Waals surface area contributed by atoms with E-state index in [-0.39, 0.29) is 34.1 Å². The number of benzene rings is 1. The summed E-state index contributed by atoms with van der Waals surface area (Å²) in [7, 11) is -3.45. The summed E-state index contributed by atoms with van der Waals surface area (Å²) in [6.45, 7) is 0. The van der Waals surface area contributed by atoms with Gasteiger partial charge in [-0.25, -0.2) is 17.6 Å². The standard InChI is InChI=1S/C12H14FNO5S2/c13-9-2-1-8(12(16)17)7-10(9)20-4-6-21(18,19)5-3-11(14)15/h1-2,7H,3-6H2,(H2,14,15)(H,16,17). The molecule has 0 fully saturated rings. The zero-order valence-electron chi connectivity index (χ0n) is 10.9. The fourth-order valence-electron chi connectivity index (χ4n) is 1.38. The normalized spacial score (nSPS) is 11.3. The zero-order chi connectivity index (χ0) is 16.0. The second-order valence-corrected chi connectivity index (χ2v) is 7.61. The highest BCUT2D eigenvalue weighted by Gasteiger charge is 2.14. The summed E-state index contributed by atoms with van der Waals surface area (Å²) in [5, 5.41) is 8.81. The first-order valence-corrected chi connectivity index (χ1v) is 8.66. The van der Waals surface area contributed by atoms with Crippen molar-refractivity contribution in [3.05, 3.63) is 29.6 Å². The van der Waals surface area contributed by atoms with Gasteiger partial charge in [0.1, 0.15) is 5.82 Å². The Morgan fingerprint density at radius 1 is 1.29 bits per heavy atom. The van der Waals surface area contributed by atoms with Crippen molar-refractivity contribution in [2.75, 3.05) is 17.3 Å². The van der Waals surface area contributed by atoms with Crippen LogP contribution in [0.5, 0.6) is 0 Å². The molecule has 9 heteroatoms. The number of carboxylic acid groups (broad SMARTS) is 1. The van der Waals surface area contributed by atoms with E-state index in [2.05, 4.69) is 0 Å². The van der Waals surface area contributed by atoms with E-state index in [0.29, 0.717) is 0 Å². The Morgan fingerprint density at radius 2 is 1.95 bits per heavy atom. The highest BCUT2D eigenvalue weighted by atomic mass is 32.2. The molecule has 21 heavy (non-hydrogen) atoms. The van der Waals surface area contributed by atoms with E-state index in [0.717, 1.165) is 30.0 Å². The average molecular weight is 335 g/mol. The lowest BCUT2D eigenvalue weighted by atomic mass is 10.2. The number of hydrogen-bond acceptors (Lipinski definition) is 5. The molecule has 116 valence electrons. The molecule has 0 atom stereocenters. The van der Waals surface area contributed by atoms with Crippen LogP contribution in [0.4, 0.5) is 4.39 Å². The van der Waals surface area contributed by atoms with Gasteiger partial charge in [0.25, 0.3) is 0 Å². The largest absolute Gasteiger partial charge is 0.478 e. The lowest BCUT2D eigenvalue weighted by Crippen LogP contribution is -2.19. The molecule has 1 rings (SSSR count). The number of hydrogen-bond donors (Lipinski definition) is 2. The molecule has 0 radical (unpaired) electrons. The maximum absolute atomic E-state index is 13.5. The van der Waals surface area contributed by atoms with Gasteiger partial charge >= 0.3 is 5.97 Å². The van der Waals surface area contributed by atoms with Crippen LogP contribution in [0.1, 0.15) is 16.8 Å². The van der Waals surface area contributed by atoms with Crippen molar-refractivity contribution in [2.24, 2.45) is 5.73 Å². The maximum atomic E-state index is 13.5. The molecular formula is C12H14FNO5S2. The van der Waals surface area contributed by atoms with Gasteiger partial charge in [0.05, 0.1) is 17.1 Å². The van der Waals surface area contributed by atoms with Crippen molar-refractivity contribution >= 4 is 33.5 Å². The molecule has 0 saturated heterocycles. The van der Waals surface area contributed by atoms with Crippen molar-refractivity contribution in [1.29, 1.82) is 0 Å². The number of carboxylic acids is 1. The number of carbonyl (C=O) groups is 2. The molecule has 0 saturated carbocycles. The summed E-state index contributed by atoms with van der Waals surface area (Å²) in [5.74, 6) is -3.04. The lowest BCUT2D eigenvalue weighted by molar-refractivity contribution is -0.117. The summed E-state index contributed by atoms with van der Waals surface area (Å²) in [6.07, 6.45) is -0.254. The molecule has 1 aromatic rings. The number of carbonyl (C=O) groups excluding carboxylic acids is 1. The average Bonchev–Trinajstić information content (AvgIpc) is 2.38. The molecule has 0 spiro atoms. The molecule has 0 aliphatic rings. The van der Waals surface area contributed by atoms with E-state index in [1.807, 2.05) is 0 Å². The number of aromatic carboxylic acids is 1. The Kier molecular flexibility index (Phi) is 6.16. The van der Waals surface area contributed by atoms with Crippen LogP contribution in [0, 0.1) is 5.82 Å². The van der Waals surface area contributed by atoms with Gasteiger partial charge in [0, 0.05) is 17.1 Å². The third-order valence-electron chi connectivity index (χ3n) is 2.49. The highest BCUT2D eigenvalue weighted by molar-refractivity contribution is 8.00. The fraction of sp³-hybridized carbons (Fsp3) is 0.333. The van der Waals surface area contributed by atoms with Crippen molar-refractivity contribution < 1.29 is 27.5 Å². The minimum atomic E-state index is -3.45. The maximum Gasteiger partial charge on any atom is 0.335 e. The Labute approximate surface area is 125 Å². The van der Waals surface area contributed by atoms with Crippen LogP contribution in [0.3, 0.4) is 0 Å². The second-order valence-electron chi connectivity index (χ2n) is 4.17. The van der Waals surface area contributed by atoms with E-state index in [1.165, 1.54) is 0 Å². The minimum absolute atomic E-state index is 0.0566. The Morgan fingerprint density at radius 3 is 2.52 bits per heavy atom. The summed E-state index contributed by atoms with van der Waals surface area (Å²) in [4.78, 5) is 21.4. The van der Waals surface area contributed by atoms with Crippen molar-refractivity contribution in [3.8, 4) is 0 Å². The molecule has 0 heterocycles. The molecule has 1 amide bonds. The monoisotopic (exact) mass is 335 g/mol.